The molecule has 0 fully saturated rings. The molecule has 0 aliphatic carbocycles. The zero-order chi connectivity index (χ0) is 29.0. The van der Waals surface area contributed by atoms with Crippen LogP contribution in [-0.4, -0.2) is 36.8 Å². The van der Waals surface area contributed by atoms with Crippen molar-refractivity contribution in [2.75, 3.05) is 0 Å². The third-order valence-electron chi connectivity index (χ3n) is 5.53. The van der Waals surface area contributed by atoms with Crippen LogP contribution >= 0.6 is 0 Å². The first-order valence-corrected chi connectivity index (χ1v) is 13.5. The van der Waals surface area contributed by atoms with Crippen LogP contribution in [0.25, 0.3) is 0 Å². The maximum atomic E-state index is 11.9. The van der Waals surface area contributed by atoms with Gasteiger partial charge in [-0.25, -0.2) is 9.59 Å². The van der Waals surface area contributed by atoms with Crippen LogP contribution in [0.5, 0.6) is 0 Å². The molecule has 0 aromatic heterocycles. The molecule has 2 atom stereocenters. The predicted octanol–water partition coefficient (Wildman–Crippen LogP) is 6.59. The molecule has 40 heavy (non-hydrogen) atoms. The van der Waals surface area contributed by atoms with Crippen molar-refractivity contribution >= 4 is 24.2 Å². The largest absolute Gasteiger partial charge is 0.511 e. The maximum absolute atomic E-state index is 11.9. The molecule has 2 aromatic rings. The topological polar surface area (TPSA) is 124 Å². The van der Waals surface area contributed by atoms with E-state index < -0.39 is 36.8 Å². The fraction of sp³-hybridized carbons (Fsp3) is 0.467. The van der Waals surface area contributed by atoms with Gasteiger partial charge < -0.3 is 28.4 Å². The van der Waals surface area contributed by atoms with Crippen molar-refractivity contribution in [2.45, 2.75) is 91.0 Å². The van der Waals surface area contributed by atoms with E-state index in [4.69, 9.17) is 28.4 Å². The average Bonchev–Trinajstić information content (AvgIpc) is 2.93. The lowest BCUT2D eigenvalue weighted by atomic mass is 10.1. The van der Waals surface area contributed by atoms with Crippen molar-refractivity contribution in [3.05, 3.63) is 71.8 Å². The van der Waals surface area contributed by atoms with Crippen molar-refractivity contribution in [1.82, 2.24) is 0 Å². The van der Waals surface area contributed by atoms with Crippen molar-refractivity contribution in [3.8, 4) is 0 Å². The molecule has 0 heterocycles. The minimum Gasteiger partial charge on any atom is -0.429 e. The van der Waals surface area contributed by atoms with E-state index in [2.05, 4.69) is 0 Å². The molecule has 218 valence electrons. The molecule has 0 saturated heterocycles. The zero-order valence-electron chi connectivity index (χ0n) is 23.1. The molecular weight excluding hydrogens is 520 g/mol. The first-order valence-electron chi connectivity index (χ1n) is 13.5. The molecule has 0 bridgehead atoms. The summed E-state index contributed by atoms with van der Waals surface area (Å²) in [6, 6.07) is 18.3. The standard InChI is InChI=1S/C30H38O10/c1-23(39-29(33)35-21-25-15-9-7-10-16-25)37-27(31)19-13-5-3-4-6-14-20-28(32)38-24(2)40-30(34)36-22-26-17-11-8-12-18-26/h7-12,15-18,23-24H,3-6,13-14,19-22H2,1-2H3. The summed E-state index contributed by atoms with van der Waals surface area (Å²) in [6.45, 7) is 3.05. The first-order chi connectivity index (χ1) is 19.3. The molecule has 0 spiro atoms. The Kier molecular flexibility index (Phi) is 15.3. The Morgan fingerprint density at radius 2 is 0.875 bits per heavy atom. The van der Waals surface area contributed by atoms with E-state index in [1.165, 1.54) is 13.8 Å². The second-order valence-corrected chi connectivity index (χ2v) is 9.02. The Morgan fingerprint density at radius 3 is 1.25 bits per heavy atom. The lowest BCUT2D eigenvalue weighted by Crippen LogP contribution is -2.22. The molecule has 0 aliphatic heterocycles. The van der Waals surface area contributed by atoms with Gasteiger partial charge in [-0.15, -0.1) is 0 Å². The van der Waals surface area contributed by atoms with Gasteiger partial charge in [0, 0.05) is 26.7 Å². The summed E-state index contributed by atoms with van der Waals surface area (Å²) < 4.78 is 30.0. The highest BCUT2D eigenvalue weighted by atomic mass is 16.8. The second kappa shape index (κ2) is 19.1. The number of hydrogen-bond acceptors (Lipinski definition) is 10. The van der Waals surface area contributed by atoms with Crippen LogP contribution < -0.4 is 0 Å². The highest BCUT2D eigenvalue weighted by Crippen LogP contribution is 2.12. The van der Waals surface area contributed by atoms with E-state index in [9.17, 15) is 19.2 Å². The van der Waals surface area contributed by atoms with Gasteiger partial charge in [0.25, 0.3) is 0 Å². The number of carbonyl (C=O) groups excluding carboxylic acids is 4. The molecule has 0 amide bonds. The Bertz CT molecular complexity index is 942. The van der Waals surface area contributed by atoms with Gasteiger partial charge in [-0.1, -0.05) is 86.3 Å². The van der Waals surface area contributed by atoms with E-state index in [1.54, 1.807) is 0 Å². The van der Waals surface area contributed by atoms with Crippen LogP contribution in [0.4, 0.5) is 9.59 Å². The van der Waals surface area contributed by atoms with Gasteiger partial charge in [-0.2, -0.15) is 0 Å². The smallest absolute Gasteiger partial charge is 0.429 e. The molecule has 2 rings (SSSR count). The number of rotatable bonds is 17. The van der Waals surface area contributed by atoms with Crippen molar-refractivity contribution in [1.29, 1.82) is 0 Å². The quantitative estimate of drug-likeness (QED) is 0.0908. The van der Waals surface area contributed by atoms with E-state index >= 15 is 0 Å². The third-order valence-corrected chi connectivity index (χ3v) is 5.53. The van der Waals surface area contributed by atoms with Gasteiger partial charge in [-0.3, -0.25) is 9.59 Å². The summed E-state index contributed by atoms with van der Waals surface area (Å²) in [6.07, 6.45) is 1.26. The van der Waals surface area contributed by atoms with Crippen LogP contribution in [-0.2, 0) is 51.2 Å². The van der Waals surface area contributed by atoms with Crippen molar-refractivity contribution in [2.24, 2.45) is 0 Å². The zero-order valence-corrected chi connectivity index (χ0v) is 23.1. The van der Waals surface area contributed by atoms with E-state index in [1.807, 2.05) is 60.7 Å². The molecule has 0 aliphatic rings. The van der Waals surface area contributed by atoms with Gasteiger partial charge in [-0.05, 0) is 24.0 Å². The summed E-state index contributed by atoms with van der Waals surface area (Å²) >= 11 is 0. The highest BCUT2D eigenvalue weighted by molar-refractivity contribution is 5.70. The van der Waals surface area contributed by atoms with Gasteiger partial charge in [0.2, 0.25) is 12.6 Å². The van der Waals surface area contributed by atoms with Crippen molar-refractivity contribution < 1.29 is 47.6 Å². The number of unbranched alkanes of at least 4 members (excludes halogenated alkanes) is 5. The Balaban J connectivity index is 1.42. The molecule has 10 nitrogen and oxygen atoms in total. The van der Waals surface area contributed by atoms with E-state index in [-0.39, 0.29) is 26.1 Å². The van der Waals surface area contributed by atoms with Crippen LogP contribution in [0, 0.1) is 0 Å². The van der Waals surface area contributed by atoms with Gasteiger partial charge in [0.15, 0.2) is 0 Å². The minimum absolute atomic E-state index is 0.0705. The molecule has 0 saturated carbocycles. The van der Waals surface area contributed by atoms with Gasteiger partial charge >= 0.3 is 24.2 Å². The average molecular weight is 559 g/mol. The summed E-state index contributed by atoms with van der Waals surface area (Å²) in [5, 5.41) is 0. The Morgan fingerprint density at radius 1 is 0.525 bits per heavy atom. The fourth-order valence-electron chi connectivity index (χ4n) is 3.55. The summed E-state index contributed by atoms with van der Waals surface area (Å²) in [4.78, 5) is 47.3. The summed E-state index contributed by atoms with van der Waals surface area (Å²) in [7, 11) is 0. The summed E-state index contributed by atoms with van der Waals surface area (Å²) in [5.74, 6) is -0.905. The summed E-state index contributed by atoms with van der Waals surface area (Å²) in [5.41, 5.74) is 1.64. The second-order valence-electron chi connectivity index (χ2n) is 9.02. The number of hydrogen-bond donors (Lipinski definition) is 0. The first kappa shape index (κ1) is 32.1. The van der Waals surface area contributed by atoms with Crippen LogP contribution in [0.15, 0.2) is 60.7 Å². The van der Waals surface area contributed by atoms with Crippen LogP contribution in [0.3, 0.4) is 0 Å². The Hall–Kier alpha value is -4.08. The minimum atomic E-state index is -1.04. The molecule has 0 N–H and O–H groups in total. The van der Waals surface area contributed by atoms with Gasteiger partial charge in [0.1, 0.15) is 13.2 Å². The molecule has 0 radical (unpaired) electrons. The van der Waals surface area contributed by atoms with E-state index in [0.717, 1.165) is 36.8 Å². The number of carbonyl (C=O) groups is 4. The number of benzene rings is 2. The van der Waals surface area contributed by atoms with Crippen molar-refractivity contribution in [3.63, 3.8) is 0 Å². The fourth-order valence-corrected chi connectivity index (χ4v) is 3.55. The number of ether oxygens (including phenoxy) is 6. The lowest BCUT2D eigenvalue weighted by Gasteiger charge is -2.14. The predicted molar refractivity (Wildman–Crippen MR) is 143 cm³/mol. The molecule has 10 heteroatoms. The molecule has 2 aromatic carbocycles. The van der Waals surface area contributed by atoms with E-state index in [0.29, 0.717) is 12.8 Å². The van der Waals surface area contributed by atoms with Crippen LogP contribution in [0.2, 0.25) is 0 Å². The molecule has 2 unspecified atom stereocenters. The lowest BCUT2D eigenvalue weighted by molar-refractivity contribution is -0.169. The third kappa shape index (κ3) is 15.4. The molecular formula is C30H38O10. The monoisotopic (exact) mass is 558 g/mol. The van der Waals surface area contributed by atoms with Crippen LogP contribution in [0.1, 0.15) is 76.3 Å². The van der Waals surface area contributed by atoms with Gasteiger partial charge in [0.05, 0.1) is 0 Å². The number of esters is 2. The highest BCUT2D eigenvalue weighted by Gasteiger charge is 2.16. The maximum Gasteiger partial charge on any atom is 0.511 e. The normalized spacial score (nSPS) is 11.9. The Labute approximate surface area is 234 Å². The SMILES string of the molecule is CC(OC(=O)CCCCCCCCC(=O)OC(C)OC(=O)OCc1ccccc1)OC(=O)OCc1ccccc1.